The predicted octanol–water partition coefficient (Wildman–Crippen LogP) is 6.00. The number of aromatic nitrogens is 3. The minimum atomic E-state index is -0.702. The summed E-state index contributed by atoms with van der Waals surface area (Å²) in [6, 6.07) is 9.64. The number of ether oxygens (including phenoxy) is 1. The fourth-order valence-electron chi connectivity index (χ4n) is 4.75. The Hall–Kier alpha value is -4.24. The molecule has 0 aliphatic carbocycles. The standard InChI is InChI=1S/C29H31F2N7O2S/c1-6-21-26(35(5)27-33-25(24(16-32)41-27)18-7-9-19(30)10-8-18)23-15-22(20(31)17-38(23)34-21)36-11-13-37(14-12-36)28(39)40-29(2,3)4/h7-10,15,17H,6,11-14H2,1-5H3/i17D. The molecule has 9 nitrogen and oxygen atoms in total. The quantitative estimate of drug-likeness (QED) is 0.286. The van der Waals surface area contributed by atoms with E-state index >= 15 is 4.39 Å². The van der Waals surface area contributed by atoms with Gasteiger partial charge in [0.25, 0.3) is 0 Å². The number of halogens is 2. The lowest BCUT2D eigenvalue weighted by atomic mass is 10.1. The number of carbonyl (C=O) groups excluding carboxylic acids is 1. The summed E-state index contributed by atoms with van der Waals surface area (Å²) < 4.78 is 44.5. The Morgan fingerprint density at radius 3 is 2.51 bits per heavy atom. The van der Waals surface area contributed by atoms with Gasteiger partial charge in [-0.25, -0.2) is 23.1 Å². The van der Waals surface area contributed by atoms with Gasteiger partial charge in [-0.1, -0.05) is 18.3 Å². The maximum absolute atomic E-state index is 15.6. The number of piperazine rings is 1. The van der Waals surface area contributed by atoms with Gasteiger partial charge in [0.1, 0.15) is 28.1 Å². The van der Waals surface area contributed by atoms with E-state index in [9.17, 15) is 14.4 Å². The molecule has 0 bridgehead atoms. The van der Waals surface area contributed by atoms with Gasteiger partial charge in [-0.05, 0) is 57.5 Å². The van der Waals surface area contributed by atoms with Crippen LogP contribution in [0.3, 0.4) is 0 Å². The molecule has 3 aromatic heterocycles. The van der Waals surface area contributed by atoms with E-state index < -0.39 is 17.5 Å². The molecule has 0 radical (unpaired) electrons. The number of fused-ring (bicyclic) bond motifs is 1. The number of benzene rings is 1. The second kappa shape index (κ2) is 11.0. The Labute approximate surface area is 242 Å². The van der Waals surface area contributed by atoms with E-state index in [1.54, 1.807) is 35.0 Å². The molecule has 5 rings (SSSR count). The molecule has 1 amide bonds. The van der Waals surface area contributed by atoms with Gasteiger partial charge in [0.2, 0.25) is 0 Å². The van der Waals surface area contributed by atoms with Crippen LogP contribution in [0.15, 0.2) is 36.5 Å². The molecule has 1 fully saturated rings. The zero-order chi connectivity index (χ0) is 30.3. The Bertz CT molecular complexity index is 1680. The van der Waals surface area contributed by atoms with Crippen LogP contribution in [0.2, 0.25) is 0 Å². The summed E-state index contributed by atoms with van der Waals surface area (Å²) >= 11 is 1.18. The summed E-state index contributed by atoms with van der Waals surface area (Å²) in [5.74, 6) is -1.09. The van der Waals surface area contributed by atoms with E-state index in [-0.39, 0.29) is 17.7 Å². The molecule has 0 N–H and O–H groups in total. The summed E-state index contributed by atoms with van der Waals surface area (Å²) in [5, 5.41) is 14.8. The highest BCUT2D eigenvalue weighted by Crippen LogP contribution is 2.39. The Morgan fingerprint density at radius 2 is 1.90 bits per heavy atom. The van der Waals surface area contributed by atoms with Crippen LogP contribution >= 0.6 is 11.3 Å². The molecule has 1 saturated heterocycles. The molecule has 41 heavy (non-hydrogen) atoms. The van der Waals surface area contributed by atoms with Crippen LogP contribution in [0.4, 0.5) is 30.1 Å². The van der Waals surface area contributed by atoms with Crippen LogP contribution in [0, 0.1) is 23.0 Å². The van der Waals surface area contributed by atoms with Gasteiger partial charge in [-0.2, -0.15) is 10.4 Å². The first-order valence-electron chi connectivity index (χ1n) is 13.8. The van der Waals surface area contributed by atoms with Crippen molar-refractivity contribution in [3.63, 3.8) is 0 Å². The first-order valence-corrected chi connectivity index (χ1v) is 14.1. The van der Waals surface area contributed by atoms with Gasteiger partial charge >= 0.3 is 6.09 Å². The third-order valence-corrected chi connectivity index (χ3v) is 7.77. The van der Waals surface area contributed by atoms with Crippen LogP contribution in [-0.2, 0) is 11.2 Å². The van der Waals surface area contributed by atoms with Crippen molar-refractivity contribution in [3.05, 3.63) is 58.7 Å². The van der Waals surface area contributed by atoms with Crippen molar-refractivity contribution in [3.8, 4) is 17.3 Å². The fraction of sp³-hybridized carbons (Fsp3) is 0.379. The third kappa shape index (κ3) is 5.67. The highest BCUT2D eigenvalue weighted by molar-refractivity contribution is 7.16. The lowest BCUT2D eigenvalue weighted by Gasteiger charge is -2.36. The maximum Gasteiger partial charge on any atom is 0.410 e. The number of pyridine rings is 1. The van der Waals surface area contributed by atoms with Crippen molar-refractivity contribution in [2.45, 2.75) is 39.7 Å². The first-order chi connectivity index (χ1) is 19.9. The molecule has 4 heterocycles. The molecule has 1 aliphatic heterocycles. The van der Waals surface area contributed by atoms with Crippen molar-refractivity contribution >= 4 is 39.5 Å². The second-order valence-corrected chi connectivity index (χ2v) is 11.7. The summed E-state index contributed by atoms with van der Waals surface area (Å²) in [4.78, 5) is 22.8. The highest BCUT2D eigenvalue weighted by Gasteiger charge is 2.28. The van der Waals surface area contributed by atoms with Crippen molar-refractivity contribution in [2.75, 3.05) is 43.0 Å². The van der Waals surface area contributed by atoms with Gasteiger partial charge < -0.3 is 19.4 Å². The van der Waals surface area contributed by atoms with Crippen LogP contribution < -0.4 is 9.80 Å². The average molecular weight is 581 g/mol. The summed E-state index contributed by atoms with van der Waals surface area (Å²) in [5.41, 5.74) is 2.48. The second-order valence-electron chi connectivity index (χ2n) is 10.7. The van der Waals surface area contributed by atoms with Gasteiger partial charge in [-0.3, -0.25) is 0 Å². The van der Waals surface area contributed by atoms with Crippen molar-refractivity contribution in [1.29, 1.82) is 5.26 Å². The highest BCUT2D eigenvalue weighted by atomic mass is 32.1. The molecule has 12 heteroatoms. The van der Waals surface area contributed by atoms with E-state index in [4.69, 9.17) is 11.1 Å². The number of hydrogen-bond acceptors (Lipinski definition) is 8. The van der Waals surface area contributed by atoms with Gasteiger partial charge in [0, 0.05) is 38.8 Å². The number of anilines is 3. The lowest BCUT2D eigenvalue weighted by molar-refractivity contribution is 0.0240. The van der Waals surface area contributed by atoms with E-state index in [0.717, 1.165) is 0 Å². The van der Waals surface area contributed by atoms with Crippen molar-refractivity contribution in [2.24, 2.45) is 0 Å². The molecule has 214 valence electrons. The summed E-state index contributed by atoms with van der Waals surface area (Å²) in [6.45, 7) is 8.77. The largest absolute Gasteiger partial charge is 0.444 e. The minimum Gasteiger partial charge on any atom is -0.444 e. The molecule has 1 aromatic carbocycles. The molecule has 4 aromatic rings. The van der Waals surface area contributed by atoms with Crippen molar-refractivity contribution in [1.82, 2.24) is 19.5 Å². The van der Waals surface area contributed by atoms with Gasteiger partial charge in [0.15, 0.2) is 10.9 Å². The number of thiazole rings is 1. The number of carbonyl (C=O) groups is 1. The minimum absolute atomic E-state index is 0.248. The maximum atomic E-state index is 15.6. The number of nitrogens with zero attached hydrogens (tertiary/aromatic N) is 7. The first kappa shape index (κ1) is 27.0. The molecule has 0 saturated carbocycles. The van der Waals surface area contributed by atoms with Crippen LogP contribution in [-0.4, -0.2) is 64.4 Å². The van der Waals surface area contributed by atoms with E-state index in [1.165, 1.54) is 28.0 Å². The van der Waals surface area contributed by atoms with E-state index in [2.05, 4.69) is 11.2 Å². The molecule has 0 spiro atoms. The molecule has 0 unspecified atom stereocenters. The Kier molecular flexibility index (Phi) is 7.21. The average Bonchev–Trinajstić information content (AvgIpc) is 3.56. The van der Waals surface area contributed by atoms with Crippen LogP contribution in [0.1, 0.15) is 39.6 Å². The van der Waals surface area contributed by atoms with Crippen LogP contribution in [0.5, 0.6) is 0 Å². The number of aryl methyl sites for hydroxylation is 1. The van der Waals surface area contributed by atoms with E-state index in [0.29, 0.717) is 70.8 Å². The zero-order valence-corrected chi connectivity index (χ0v) is 24.3. The number of hydrogen-bond donors (Lipinski definition) is 0. The monoisotopic (exact) mass is 580 g/mol. The molecular formula is C29H31F2N7O2S. The zero-order valence-electron chi connectivity index (χ0n) is 24.5. The van der Waals surface area contributed by atoms with Gasteiger partial charge in [0.05, 0.1) is 30.1 Å². The molecule has 1 aliphatic rings. The third-order valence-electron chi connectivity index (χ3n) is 6.73. The predicted molar refractivity (Wildman–Crippen MR) is 155 cm³/mol. The number of nitriles is 1. The fourth-order valence-corrected chi connectivity index (χ4v) is 5.60. The van der Waals surface area contributed by atoms with Crippen LogP contribution in [0.25, 0.3) is 16.8 Å². The molecular weight excluding hydrogens is 548 g/mol. The molecule has 0 atom stereocenters. The normalized spacial score (nSPS) is 14.2. The topological polar surface area (TPSA) is 90.0 Å². The smallest absolute Gasteiger partial charge is 0.410 e. The summed E-state index contributed by atoms with van der Waals surface area (Å²) in [6.07, 6.45) is -0.282. The van der Waals surface area contributed by atoms with Crippen molar-refractivity contribution < 1.29 is 19.7 Å². The number of rotatable bonds is 5. The summed E-state index contributed by atoms with van der Waals surface area (Å²) in [7, 11) is 1.79. The number of amides is 1. The SMILES string of the molecule is [2H]c1c(F)c(N2CCN(C(=O)OC(C)(C)C)CC2)cc2c(N(C)c3nc(-c4ccc(F)cc4)c(C#N)s3)c(CC)nn12. The Balaban J connectivity index is 1.50. The lowest BCUT2D eigenvalue weighted by Crippen LogP contribution is -2.50. The Morgan fingerprint density at radius 1 is 1.22 bits per heavy atom. The van der Waals surface area contributed by atoms with E-state index in [1.807, 2.05) is 32.6 Å². The van der Waals surface area contributed by atoms with Gasteiger partial charge in [-0.15, -0.1) is 0 Å².